The summed E-state index contributed by atoms with van der Waals surface area (Å²) in [6.45, 7) is 2.54. The maximum absolute atomic E-state index is 6.22. The lowest BCUT2D eigenvalue weighted by Crippen LogP contribution is -2.28. The fraction of sp³-hybridized carbons (Fsp3) is 0.214. The number of hydrogen-bond donors (Lipinski definition) is 1. The third-order valence-corrected chi connectivity index (χ3v) is 3.83. The van der Waals surface area contributed by atoms with Crippen molar-refractivity contribution in [3.8, 4) is 11.5 Å². The second-order valence-corrected chi connectivity index (χ2v) is 5.18. The van der Waals surface area contributed by atoms with Crippen molar-refractivity contribution in [2.45, 2.75) is 13.1 Å². The van der Waals surface area contributed by atoms with Crippen LogP contribution in [0.5, 0.6) is 0 Å². The largest absolute Gasteiger partial charge is 0.308 e. The molecule has 1 N–H and O–H groups in total. The summed E-state index contributed by atoms with van der Waals surface area (Å²) in [5.74, 6) is 1.76. The summed E-state index contributed by atoms with van der Waals surface area (Å²) < 4.78 is 2.11. The Kier molecular flexibility index (Phi) is 3.80. The van der Waals surface area contributed by atoms with Crippen molar-refractivity contribution < 1.29 is 0 Å². The summed E-state index contributed by atoms with van der Waals surface area (Å²) in [6, 6.07) is 9.77. The number of aromatic nitrogens is 4. The Labute approximate surface area is 132 Å². The number of halogens is 2. The molecule has 0 bridgehead atoms. The maximum atomic E-state index is 6.22. The zero-order valence-electron chi connectivity index (χ0n) is 11.1. The van der Waals surface area contributed by atoms with Gasteiger partial charge in [-0.3, -0.25) is 0 Å². The highest BCUT2D eigenvalue weighted by Crippen LogP contribution is 2.25. The van der Waals surface area contributed by atoms with Gasteiger partial charge in [-0.15, -0.1) is 22.6 Å². The molecule has 0 saturated carbocycles. The maximum Gasteiger partial charge on any atom is 0.182 e. The molecule has 108 valence electrons. The van der Waals surface area contributed by atoms with Crippen LogP contribution in [0.2, 0.25) is 5.02 Å². The SMILES string of the molecule is Cl.Clc1cccc2ccc(-c3nnc4n3CCNC4)nc12. The van der Waals surface area contributed by atoms with Gasteiger partial charge in [-0.1, -0.05) is 29.8 Å². The molecule has 1 aliphatic rings. The number of fused-ring (bicyclic) bond motifs is 2. The van der Waals surface area contributed by atoms with Crippen molar-refractivity contribution in [3.05, 3.63) is 41.2 Å². The normalized spacial score (nSPS) is 13.8. The number of hydrogen-bond acceptors (Lipinski definition) is 4. The van der Waals surface area contributed by atoms with Gasteiger partial charge >= 0.3 is 0 Å². The van der Waals surface area contributed by atoms with E-state index >= 15 is 0 Å². The van der Waals surface area contributed by atoms with Crippen molar-refractivity contribution in [1.29, 1.82) is 0 Å². The molecule has 1 aliphatic heterocycles. The number of nitrogens with zero attached hydrogens (tertiary/aromatic N) is 4. The van der Waals surface area contributed by atoms with E-state index in [4.69, 9.17) is 11.6 Å². The molecule has 0 saturated heterocycles. The molecule has 0 unspecified atom stereocenters. The molecule has 0 spiro atoms. The lowest BCUT2D eigenvalue weighted by molar-refractivity contribution is 0.508. The molecule has 0 fully saturated rings. The second kappa shape index (κ2) is 5.60. The molecular formula is C14H13Cl2N5. The van der Waals surface area contributed by atoms with E-state index in [1.165, 1.54) is 0 Å². The molecule has 2 aromatic heterocycles. The van der Waals surface area contributed by atoms with Crippen LogP contribution < -0.4 is 5.32 Å². The smallest absolute Gasteiger partial charge is 0.182 e. The summed E-state index contributed by atoms with van der Waals surface area (Å²) in [5, 5.41) is 13.5. The van der Waals surface area contributed by atoms with E-state index in [1.54, 1.807) is 0 Å². The van der Waals surface area contributed by atoms with E-state index in [0.29, 0.717) is 5.02 Å². The number of rotatable bonds is 1. The molecule has 4 rings (SSSR count). The fourth-order valence-electron chi connectivity index (χ4n) is 2.52. The van der Waals surface area contributed by atoms with Gasteiger partial charge in [0.25, 0.3) is 0 Å². The number of pyridine rings is 1. The second-order valence-electron chi connectivity index (χ2n) is 4.78. The first kappa shape index (κ1) is 14.3. The Morgan fingerprint density at radius 1 is 1.14 bits per heavy atom. The van der Waals surface area contributed by atoms with Crippen LogP contribution in [-0.4, -0.2) is 26.3 Å². The molecule has 0 radical (unpaired) electrons. The minimum atomic E-state index is 0. The van der Waals surface area contributed by atoms with Gasteiger partial charge < -0.3 is 9.88 Å². The molecule has 0 atom stereocenters. The van der Waals surface area contributed by atoms with Crippen LogP contribution in [0.15, 0.2) is 30.3 Å². The highest BCUT2D eigenvalue weighted by molar-refractivity contribution is 6.35. The highest BCUT2D eigenvalue weighted by atomic mass is 35.5. The Morgan fingerprint density at radius 3 is 2.95 bits per heavy atom. The van der Waals surface area contributed by atoms with Crippen LogP contribution in [0, 0.1) is 0 Å². The van der Waals surface area contributed by atoms with Crippen LogP contribution in [-0.2, 0) is 13.1 Å². The summed E-state index contributed by atoms with van der Waals surface area (Å²) in [6.07, 6.45) is 0. The Morgan fingerprint density at radius 2 is 2.05 bits per heavy atom. The summed E-state index contributed by atoms with van der Waals surface area (Å²) in [5.41, 5.74) is 1.62. The summed E-state index contributed by atoms with van der Waals surface area (Å²) in [4.78, 5) is 4.65. The summed E-state index contributed by atoms with van der Waals surface area (Å²) in [7, 11) is 0. The minimum Gasteiger partial charge on any atom is -0.308 e. The first-order valence-electron chi connectivity index (χ1n) is 6.51. The highest BCUT2D eigenvalue weighted by Gasteiger charge is 2.17. The van der Waals surface area contributed by atoms with Crippen LogP contribution in [0.4, 0.5) is 0 Å². The van der Waals surface area contributed by atoms with Crippen molar-refractivity contribution in [3.63, 3.8) is 0 Å². The number of benzene rings is 1. The molecule has 5 nitrogen and oxygen atoms in total. The van der Waals surface area contributed by atoms with Crippen molar-refractivity contribution in [1.82, 2.24) is 25.1 Å². The topological polar surface area (TPSA) is 55.6 Å². The van der Waals surface area contributed by atoms with Gasteiger partial charge in [0, 0.05) is 18.5 Å². The van der Waals surface area contributed by atoms with E-state index in [2.05, 4.69) is 25.1 Å². The first-order chi connectivity index (χ1) is 9.83. The van der Waals surface area contributed by atoms with Crippen molar-refractivity contribution in [2.24, 2.45) is 0 Å². The molecule has 7 heteroatoms. The minimum absolute atomic E-state index is 0. The van der Waals surface area contributed by atoms with Gasteiger partial charge in [0.15, 0.2) is 5.82 Å². The monoisotopic (exact) mass is 321 g/mol. The average Bonchev–Trinajstić information content (AvgIpc) is 2.91. The predicted octanol–water partition coefficient (Wildman–Crippen LogP) is 2.67. The molecule has 1 aromatic carbocycles. The van der Waals surface area contributed by atoms with E-state index in [9.17, 15) is 0 Å². The number of nitrogens with one attached hydrogen (secondary N) is 1. The van der Waals surface area contributed by atoms with Crippen LogP contribution in [0.25, 0.3) is 22.4 Å². The van der Waals surface area contributed by atoms with Crippen LogP contribution >= 0.6 is 24.0 Å². The van der Waals surface area contributed by atoms with Gasteiger partial charge in [-0.2, -0.15) is 0 Å². The van der Waals surface area contributed by atoms with E-state index in [-0.39, 0.29) is 12.4 Å². The zero-order valence-corrected chi connectivity index (χ0v) is 12.7. The Bertz CT molecular complexity index is 799. The van der Waals surface area contributed by atoms with Gasteiger partial charge in [0.2, 0.25) is 0 Å². The van der Waals surface area contributed by atoms with E-state index in [0.717, 1.165) is 47.9 Å². The molecule has 0 amide bonds. The zero-order chi connectivity index (χ0) is 13.5. The van der Waals surface area contributed by atoms with E-state index < -0.39 is 0 Å². The average molecular weight is 322 g/mol. The molecule has 3 aromatic rings. The van der Waals surface area contributed by atoms with Crippen molar-refractivity contribution >= 4 is 34.9 Å². The third-order valence-electron chi connectivity index (χ3n) is 3.52. The van der Waals surface area contributed by atoms with Crippen LogP contribution in [0.1, 0.15) is 5.82 Å². The first-order valence-corrected chi connectivity index (χ1v) is 6.89. The molecule has 0 aliphatic carbocycles. The Balaban J connectivity index is 0.00000132. The quantitative estimate of drug-likeness (QED) is 0.748. The van der Waals surface area contributed by atoms with Gasteiger partial charge in [0.1, 0.15) is 11.5 Å². The standard InChI is InChI=1S/C14H12ClN5.ClH/c15-10-3-1-2-9-4-5-11(17-13(9)10)14-19-18-12-8-16-6-7-20(12)14;/h1-5,16H,6-8H2;1H. The van der Waals surface area contributed by atoms with Gasteiger partial charge in [-0.25, -0.2) is 4.98 Å². The predicted molar refractivity (Wildman–Crippen MR) is 84.7 cm³/mol. The Hall–Kier alpha value is -1.69. The van der Waals surface area contributed by atoms with E-state index in [1.807, 2.05) is 30.3 Å². The molecular weight excluding hydrogens is 309 g/mol. The summed E-state index contributed by atoms with van der Waals surface area (Å²) >= 11 is 6.22. The van der Waals surface area contributed by atoms with Crippen molar-refractivity contribution in [2.75, 3.05) is 6.54 Å². The fourth-order valence-corrected chi connectivity index (χ4v) is 2.74. The van der Waals surface area contributed by atoms with Crippen LogP contribution in [0.3, 0.4) is 0 Å². The third kappa shape index (κ3) is 2.37. The molecule has 21 heavy (non-hydrogen) atoms. The molecule has 3 heterocycles. The van der Waals surface area contributed by atoms with Gasteiger partial charge in [-0.05, 0) is 12.1 Å². The lowest BCUT2D eigenvalue weighted by atomic mass is 10.2. The lowest BCUT2D eigenvalue weighted by Gasteiger charge is -2.15. The number of para-hydroxylation sites is 1. The van der Waals surface area contributed by atoms with Gasteiger partial charge in [0.05, 0.1) is 17.1 Å².